The van der Waals surface area contributed by atoms with Crippen LogP contribution < -0.4 is 0 Å². The van der Waals surface area contributed by atoms with Crippen LogP contribution in [0, 0.1) is 0 Å². The van der Waals surface area contributed by atoms with Crippen LogP contribution in [0.5, 0.6) is 0 Å². The van der Waals surface area contributed by atoms with Crippen molar-refractivity contribution in [2.75, 3.05) is 5.88 Å². The van der Waals surface area contributed by atoms with E-state index in [1.807, 2.05) is 24.3 Å². The van der Waals surface area contributed by atoms with E-state index < -0.39 is 5.38 Å². The Balaban J connectivity index is 2.77. The number of benzene rings is 1. The summed E-state index contributed by atoms with van der Waals surface area (Å²) >= 11 is 11.5. The lowest BCUT2D eigenvalue weighted by Gasteiger charge is -2.09. The summed E-state index contributed by atoms with van der Waals surface area (Å²) in [5, 5.41) is -0.512. The van der Waals surface area contributed by atoms with Crippen LogP contribution in [-0.4, -0.2) is 17.0 Å². The van der Waals surface area contributed by atoms with Crippen molar-refractivity contribution in [1.82, 2.24) is 0 Å². The van der Waals surface area contributed by atoms with E-state index in [9.17, 15) is 4.79 Å². The maximum absolute atomic E-state index is 11.8. The second-order valence-corrected chi connectivity index (χ2v) is 4.99. The van der Waals surface area contributed by atoms with Crippen LogP contribution in [0.1, 0.15) is 42.1 Å². The van der Waals surface area contributed by atoms with Crippen LogP contribution >= 0.6 is 23.2 Å². The van der Waals surface area contributed by atoms with Crippen LogP contribution in [-0.2, 0) is 0 Å². The van der Waals surface area contributed by atoms with Gasteiger partial charge in [0, 0.05) is 11.4 Å². The Bertz CT molecular complexity index is 343. The molecule has 1 atom stereocenters. The number of alkyl halides is 2. The molecule has 0 saturated heterocycles. The molecule has 0 radical (unpaired) electrons. The maximum atomic E-state index is 11.8. The molecular formula is C13H16Cl2O. The van der Waals surface area contributed by atoms with E-state index >= 15 is 0 Å². The highest BCUT2D eigenvalue weighted by atomic mass is 35.5. The SMILES string of the molecule is CC(C)c1ccc(C(=O)C(Cl)CCCl)cc1. The molecule has 88 valence electrons. The molecule has 3 heteroatoms. The van der Waals surface area contributed by atoms with E-state index in [1.165, 1.54) is 5.56 Å². The molecule has 1 nitrogen and oxygen atoms in total. The number of rotatable bonds is 5. The van der Waals surface area contributed by atoms with E-state index in [0.29, 0.717) is 23.8 Å². The lowest BCUT2D eigenvalue weighted by Crippen LogP contribution is -2.15. The average molecular weight is 259 g/mol. The van der Waals surface area contributed by atoms with Crippen LogP contribution in [0.3, 0.4) is 0 Å². The molecule has 0 saturated carbocycles. The Morgan fingerprint density at radius 2 is 1.81 bits per heavy atom. The first-order valence-corrected chi connectivity index (χ1v) is 6.37. The standard InChI is InChI=1S/C13H16Cl2O/c1-9(2)10-3-5-11(6-4-10)13(16)12(15)7-8-14/h3-6,9,12H,7-8H2,1-2H3. The van der Waals surface area contributed by atoms with Crippen molar-refractivity contribution in [2.24, 2.45) is 0 Å². The Hall–Kier alpha value is -0.530. The Labute approximate surface area is 107 Å². The normalized spacial score (nSPS) is 12.8. The summed E-state index contributed by atoms with van der Waals surface area (Å²) in [7, 11) is 0. The van der Waals surface area contributed by atoms with Gasteiger partial charge in [0.15, 0.2) is 5.78 Å². The van der Waals surface area contributed by atoms with Gasteiger partial charge in [0.1, 0.15) is 0 Å². The summed E-state index contributed by atoms with van der Waals surface area (Å²) in [5.74, 6) is 0.834. The van der Waals surface area contributed by atoms with Crippen LogP contribution in [0.25, 0.3) is 0 Å². The largest absolute Gasteiger partial charge is 0.293 e. The van der Waals surface area contributed by atoms with Gasteiger partial charge in [0.05, 0.1) is 5.38 Å². The smallest absolute Gasteiger partial charge is 0.180 e. The second kappa shape index (κ2) is 6.27. The highest BCUT2D eigenvalue weighted by Crippen LogP contribution is 2.17. The Morgan fingerprint density at radius 1 is 1.25 bits per heavy atom. The van der Waals surface area contributed by atoms with Crippen LogP contribution in [0.2, 0.25) is 0 Å². The van der Waals surface area contributed by atoms with Gasteiger partial charge < -0.3 is 0 Å². The molecule has 0 N–H and O–H groups in total. The summed E-state index contributed by atoms with van der Waals surface area (Å²) in [5.41, 5.74) is 1.88. The number of carbonyl (C=O) groups is 1. The van der Waals surface area contributed by atoms with Crippen LogP contribution in [0.15, 0.2) is 24.3 Å². The number of hydrogen-bond acceptors (Lipinski definition) is 1. The average Bonchev–Trinajstić information content (AvgIpc) is 2.28. The molecular weight excluding hydrogens is 243 g/mol. The molecule has 0 aliphatic rings. The van der Waals surface area contributed by atoms with Gasteiger partial charge in [-0.2, -0.15) is 0 Å². The molecule has 0 heterocycles. The Kier molecular flexibility index (Phi) is 5.30. The molecule has 0 aliphatic carbocycles. The van der Waals surface area contributed by atoms with Gasteiger partial charge in [-0.1, -0.05) is 38.1 Å². The zero-order valence-electron chi connectivity index (χ0n) is 9.54. The van der Waals surface area contributed by atoms with Gasteiger partial charge in [0.25, 0.3) is 0 Å². The van der Waals surface area contributed by atoms with Gasteiger partial charge in [-0.15, -0.1) is 23.2 Å². The van der Waals surface area contributed by atoms with Crippen molar-refractivity contribution >= 4 is 29.0 Å². The first-order chi connectivity index (χ1) is 7.56. The minimum Gasteiger partial charge on any atom is -0.293 e. The van der Waals surface area contributed by atoms with E-state index in [-0.39, 0.29) is 5.78 Å². The maximum Gasteiger partial charge on any atom is 0.180 e. The molecule has 1 unspecified atom stereocenters. The van der Waals surface area contributed by atoms with E-state index in [1.54, 1.807) is 0 Å². The molecule has 0 bridgehead atoms. The van der Waals surface area contributed by atoms with Gasteiger partial charge in [-0.25, -0.2) is 0 Å². The third kappa shape index (κ3) is 3.50. The van der Waals surface area contributed by atoms with Crippen molar-refractivity contribution in [3.63, 3.8) is 0 Å². The fourth-order valence-corrected chi connectivity index (χ4v) is 2.01. The van der Waals surface area contributed by atoms with Gasteiger partial charge >= 0.3 is 0 Å². The minimum atomic E-state index is -0.512. The first-order valence-electron chi connectivity index (χ1n) is 5.40. The summed E-state index contributed by atoms with van der Waals surface area (Å²) in [6.45, 7) is 4.24. The first kappa shape index (κ1) is 13.5. The Morgan fingerprint density at radius 3 is 2.25 bits per heavy atom. The number of ketones is 1. The number of hydrogen-bond donors (Lipinski definition) is 0. The fraction of sp³-hybridized carbons (Fsp3) is 0.462. The van der Waals surface area contributed by atoms with E-state index in [4.69, 9.17) is 23.2 Å². The van der Waals surface area contributed by atoms with Crippen molar-refractivity contribution < 1.29 is 4.79 Å². The highest BCUT2D eigenvalue weighted by molar-refractivity contribution is 6.34. The van der Waals surface area contributed by atoms with Gasteiger partial charge in [-0.05, 0) is 17.9 Å². The molecule has 1 aromatic carbocycles. The monoisotopic (exact) mass is 258 g/mol. The predicted molar refractivity (Wildman–Crippen MR) is 69.8 cm³/mol. The topological polar surface area (TPSA) is 17.1 Å². The molecule has 1 aromatic rings. The number of halogens is 2. The zero-order valence-corrected chi connectivity index (χ0v) is 11.1. The summed E-state index contributed by atoms with van der Waals surface area (Å²) in [6.07, 6.45) is 0.508. The van der Waals surface area contributed by atoms with Crippen molar-refractivity contribution in [3.8, 4) is 0 Å². The molecule has 0 aromatic heterocycles. The van der Waals surface area contributed by atoms with Crippen molar-refractivity contribution in [1.29, 1.82) is 0 Å². The van der Waals surface area contributed by atoms with Gasteiger partial charge in [-0.3, -0.25) is 4.79 Å². The van der Waals surface area contributed by atoms with E-state index in [0.717, 1.165) is 0 Å². The minimum absolute atomic E-state index is 0.0439. The molecule has 16 heavy (non-hydrogen) atoms. The second-order valence-electron chi connectivity index (χ2n) is 4.09. The number of carbonyl (C=O) groups excluding carboxylic acids is 1. The van der Waals surface area contributed by atoms with E-state index in [2.05, 4.69) is 13.8 Å². The number of Topliss-reactive ketones (excluding diaryl/α,β-unsaturated/α-hetero) is 1. The summed E-state index contributed by atoms with van der Waals surface area (Å²) in [4.78, 5) is 11.8. The lowest BCUT2D eigenvalue weighted by atomic mass is 9.99. The van der Waals surface area contributed by atoms with Crippen LogP contribution in [0.4, 0.5) is 0 Å². The fourth-order valence-electron chi connectivity index (χ4n) is 1.44. The molecule has 0 amide bonds. The highest BCUT2D eigenvalue weighted by Gasteiger charge is 2.16. The van der Waals surface area contributed by atoms with Crippen molar-refractivity contribution in [3.05, 3.63) is 35.4 Å². The molecule has 0 aliphatic heterocycles. The zero-order chi connectivity index (χ0) is 12.1. The van der Waals surface area contributed by atoms with Gasteiger partial charge in [0.2, 0.25) is 0 Å². The quantitative estimate of drug-likeness (QED) is 0.571. The third-order valence-corrected chi connectivity index (χ3v) is 3.14. The molecule has 0 fully saturated rings. The third-order valence-electron chi connectivity index (χ3n) is 2.51. The molecule has 0 spiro atoms. The predicted octanol–water partition coefficient (Wildman–Crippen LogP) is 4.23. The summed E-state index contributed by atoms with van der Waals surface area (Å²) in [6, 6.07) is 7.62. The lowest BCUT2D eigenvalue weighted by molar-refractivity contribution is 0.0986. The molecule has 1 rings (SSSR count). The van der Waals surface area contributed by atoms with Crippen molar-refractivity contribution in [2.45, 2.75) is 31.6 Å². The summed E-state index contributed by atoms with van der Waals surface area (Å²) < 4.78 is 0.